The number of nitrogens with zero attached hydrogens (tertiary/aromatic N) is 1. The highest BCUT2D eigenvalue weighted by molar-refractivity contribution is 8.00. The van der Waals surface area contributed by atoms with Gasteiger partial charge in [-0.25, -0.2) is 0 Å². The summed E-state index contributed by atoms with van der Waals surface area (Å²) in [6.07, 6.45) is 9.31. The van der Waals surface area contributed by atoms with Crippen molar-refractivity contribution in [3.05, 3.63) is 0 Å². The van der Waals surface area contributed by atoms with E-state index < -0.39 is 0 Å². The summed E-state index contributed by atoms with van der Waals surface area (Å²) in [6, 6.07) is 0.676. The molecule has 0 aromatic heterocycles. The van der Waals surface area contributed by atoms with Crippen molar-refractivity contribution in [2.75, 3.05) is 33.3 Å². The molecule has 5 rings (SSSR count). The minimum absolute atomic E-state index is 0.0121. The summed E-state index contributed by atoms with van der Waals surface area (Å²) in [6.45, 7) is 5.43. The van der Waals surface area contributed by atoms with Crippen LogP contribution in [-0.4, -0.2) is 85.0 Å². The number of amides is 2. The number of ether oxygens (including phenoxy) is 1. The van der Waals surface area contributed by atoms with Crippen LogP contribution < -0.4 is 21.3 Å². The number of likely N-dealkylation sites (tertiary alicyclic amines) is 1. The van der Waals surface area contributed by atoms with Crippen LogP contribution in [0.3, 0.4) is 0 Å². The molecule has 2 amide bonds. The van der Waals surface area contributed by atoms with E-state index in [0.29, 0.717) is 23.1 Å². The number of carbonyl (C=O) groups is 2. The van der Waals surface area contributed by atoms with Crippen molar-refractivity contribution in [1.29, 1.82) is 0 Å². The zero-order valence-corrected chi connectivity index (χ0v) is 21.6. The fourth-order valence-electron chi connectivity index (χ4n) is 7.06. The van der Waals surface area contributed by atoms with Crippen molar-refractivity contribution in [3.8, 4) is 0 Å². The van der Waals surface area contributed by atoms with E-state index in [1.165, 1.54) is 19.3 Å². The molecule has 0 aromatic carbocycles. The number of fused-ring (bicyclic) bond motifs is 1. The van der Waals surface area contributed by atoms with Crippen molar-refractivity contribution >= 4 is 23.6 Å². The molecule has 0 spiro atoms. The van der Waals surface area contributed by atoms with E-state index in [4.69, 9.17) is 4.74 Å². The molecule has 0 radical (unpaired) electrons. The smallest absolute Gasteiger partial charge is 0.239 e. The summed E-state index contributed by atoms with van der Waals surface area (Å²) >= 11 is 1.78. The number of methoxy groups -OCH3 is 1. The topological polar surface area (TPSA) is 94.7 Å². The van der Waals surface area contributed by atoms with Gasteiger partial charge in [0.25, 0.3) is 0 Å². The van der Waals surface area contributed by atoms with E-state index in [1.54, 1.807) is 11.8 Å². The maximum Gasteiger partial charge on any atom is 0.239 e. The van der Waals surface area contributed by atoms with Gasteiger partial charge in [-0.3, -0.25) is 14.9 Å². The number of hydrogen-bond donors (Lipinski definition) is 4. The van der Waals surface area contributed by atoms with Gasteiger partial charge in [0.05, 0.1) is 18.1 Å². The molecule has 5 aliphatic rings. The van der Waals surface area contributed by atoms with Crippen LogP contribution in [0.2, 0.25) is 0 Å². The van der Waals surface area contributed by atoms with Crippen molar-refractivity contribution in [1.82, 2.24) is 26.2 Å². The fraction of sp³-hybridized carbons (Fsp3) is 0.920. The molecule has 4 aliphatic heterocycles. The van der Waals surface area contributed by atoms with Gasteiger partial charge in [0, 0.05) is 44.1 Å². The van der Waals surface area contributed by atoms with E-state index >= 15 is 0 Å². The number of rotatable bonds is 5. The Morgan fingerprint density at radius 2 is 1.85 bits per heavy atom. The number of thioether (sulfide) groups is 1. The summed E-state index contributed by atoms with van der Waals surface area (Å²) in [5, 5.41) is 14.2. The van der Waals surface area contributed by atoms with Gasteiger partial charge in [-0.15, -0.1) is 11.8 Å². The highest BCUT2D eigenvalue weighted by Crippen LogP contribution is 2.40. The highest BCUT2D eigenvalue weighted by atomic mass is 32.2. The second kappa shape index (κ2) is 11.0. The van der Waals surface area contributed by atoms with Crippen LogP contribution in [0.1, 0.15) is 58.3 Å². The van der Waals surface area contributed by atoms with E-state index in [0.717, 1.165) is 58.3 Å². The largest absolute Gasteiger partial charge is 0.381 e. The average molecular weight is 494 g/mol. The molecule has 8 nitrogen and oxygen atoms in total. The summed E-state index contributed by atoms with van der Waals surface area (Å²) in [5.41, 5.74) is -0.0721. The number of carbonyl (C=O) groups excluding carboxylic acids is 2. The predicted octanol–water partition coefficient (Wildman–Crippen LogP) is 1.26. The minimum Gasteiger partial charge on any atom is -0.381 e. The molecule has 1 aliphatic carbocycles. The Kier molecular flexibility index (Phi) is 8.05. The van der Waals surface area contributed by atoms with E-state index in [-0.39, 0.29) is 41.4 Å². The number of nitrogens with one attached hydrogen (secondary N) is 4. The van der Waals surface area contributed by atoms with Gasteiger partial charge in [-0.1, -0.05) is 19.3 Å². The summed E-state index contributed by atoms with van der Waals surface area (Å²) in [4.78, 5) is 28.4. The Balaban J connectivity index is 1.15. The molecular formula is C25H43N5O3S. The van der Waals surface area contributed by atoms with Crippen molar-refractivity contribution in [2.45, 2.75) is 93.3 Å². The quantitative estimate of drug-likeness (QED) is 0.458. The number of piperidine rings is 2. The minimum atomic E-state index is -0.0721. The van der Waals surface area contributed by atoms with Gasteiger partial charge in [-0.05, 0) is 57.4 Å². The van der Waals surface area contributed by atoms with Crippen LogP contribution in [-0.2, 0) is 14.3 Å². The van der Waals surface area contributed by atoms with E-state index in [1.807, 2.05) is 12.0 Å². The Morgan fingerprint density at radius 1 is 1.03 bits per heavy atom. The van der Waals surface area contributed by atoms with E-state index in [9.17, 15) is 9.59 Å². The maximum absolute atomic E-state index is 13.5. The zero-order valence-electron chi connectivity index (χ0n) is 20.8. The highest BCUT2D eigenvalue weighted by Gasteiger charge is 2.46. The first-order chi connectivity index (χ1) is 16.5. The first-order valence-corrected chi connectivity index (χ1v) is 14.5. The molecule has 1 saturated carbocycles. The molecule has 0 bridgehead atoms. The Hall–Kier alpha value is -0.870. The normalized spacial score (nSPS) is 42.9. The first-order valence-electron chi connectivity index (χ1n) is 13.5. The molecule has 192 valence electrons. The van der Waals surface area contributed by atoms with Gasteiger partial charge < -0.3 is 25.6 Å². The lowest BCUT2D eigenvalue weighted by Crippen LogP contribution is -2.55. The monoisotopic (exact) mass is 493 g/mol. The van der Waals surface area contributed by atoms with E-state index in [2.05, 4.69) is 28.2 Å². The van der Waals surface area contributed by atoms with Gasteiger partial charge in [0.1, 0.15) is 5.50 Å². The van der Waals surface area contributed by atoms with Crippen molar-refractivity contribution in [3.63, 3.8) is 0 Å². The summed E-state index contributed by atoms with van der Waals surface area (Å²) in [5.74, 6) is 1.23. The van der Waals surface area contributed by atoms with Crippen LogP contribution in [0, 0.1) is 17.8 Å². The second-order valence-electron chi connectivity index (χ2n) is 11.1. The average Bonchev–Trinajstić information content (AvgIpc) is 3.42. The molecule has 9 heteroatoms. The first kappa shape index (κ1) is 24.8. The lowest BCUT2D eigenvalue weighted by molar-refractivity contribution is -0.133. The van der Waals surface area contributed by atoms with Gasteiger partial charge in [-0.2, -0.15) is 0 Å². The van der Waals surface area contributed by atoms with Gasteiger partial charge in [0.2, 0.25) is 11.8 Å². The van der Waals surface area contributed by atoms with Gasteiger partial charge >= 0.3 is 0 Å². The summed E-state index contributed by atoms with van der Waals surface area (Å²) < 4.78 is 5.87. The summed E-state index contributed by atoms with van der Waals surface area (Å²) in [7, 11) is 1.83. The van der Waals surface area contributed by atoms with Crippen LogP contribution >= 0.6 is 11.8 Å². The predicted molar refractivity (Wildman–Crippen MR) is 134 cm³/mol. The molecule has 34 heavy (non-hydrogen) atoms. The fourth-order valence-corrected chi connectivity index (χ4v) is 8.47. The Labute approximate surface area is 208 Å². The molecule has 9 unspecified atom stereocenters. The Bertz CT molecular complexity index is 721. The van der Waals surface area contributed by atoms with Crippen LogP contribution in [0.15, 0.2) is 0 Å². The molecular weight excluding hydrogens is 450 g/mol. The molecule has 9 atom stereocenters. The van der Waals surface area contributed by atoms with Crippen molar-refractivity contribution in [2.24, 2.45) is 17.8 Å². The second-order valence-corrected chi connectivity index (χ2v) is 12.5. The van der Waals surface area contributed by atoms with Crippen LogP contribution in [0.5, 0.6) is 0 Å². The third-order valence-electron chi connectivity index (χ3n) is 8.91. The Morgan fingerprint density at radius 3 is 2.62 bits per heavy atom. The van der Waals surface area contributed by atoms with Crippen molar-refractivity contribution < 1.29 is 14.3 Å². The third kappa shape index (κ3) is 5.28. The standard InChI is InChI=1S/C25H43N5O3S/c1-15-11-17(16-7-3-4-9-21(16)33-2)18(12-27-15)23(31)29-25-28-20-13-30(14-22(20)34-25)24(32)19-8-5-6-10-26-19/h15-22,25-28H,3-14H2,1-2H3,(H,29,31). The lowest BCUT2D eigenvalue weighted by Gasteiger charge is -2.44. The SMILES string of the molecule is COC1CCCCC1C1CC(C)NCC1C(=O)NC1NC2CN(C(=O)C3CCCCN3)CC2S1. The number of hydrogen-bond acceptors (Lipinski definition) is 7. The molecule has 4 saturated heterocycles. The lowest BCUT2D eigenvalue weighted by atomic mass is 9.68. The molecule has 5 fully saturated rings. The molecule has 4 N–H and O–H groups in total. The van der Waals surface area contributed by atoms with Crippen LogP contribution in [0.25, 0.3) is 0 Å². The molecule has 0 aromatic rings. The van der Waals surface area contributed by atoms with Gasteiger partial charge in [0.15, 0.2) is 0 Å². The van der Waals surface area contributed by atoms with Crippen LogP contribution in [0.4, 0.5) is 0 Å². The maximum atomic E-state index is 13.5. The molecule has 4 heterocycles. The third-order valence-corrected chi connectivity index (χ3v) is 10.3. The zero-order chi connectivity index (χ0) is 23.7.